The highest BCUT2D eigenvalue weighted by Gasteiger charge is 2.21. The first-order chi connectivity index (χ1) is 23.0. The van der Waals surface area contributed by atoms with Crippen LogP contribution in [0.5, 0.6) is 5.75 Å². The normalized spacial score (nSPS) is 11.5. The molecule has 250 valence electrons. The molecular weight excluding hydrogens is 598 g/mol. The summed E-state index contributed by atoms with van der Waals surface area (Å²) in [7, 11) is 10.2. The van der Waals surface area contributed by atoms with Crippen molar-refractivity contribution in [1.29, 1.82) is 0 Å². The summed E-state index contributed by atoms with van der Waals surface area (Å²) in [6.45, 7) is 10.7. The first kappa shape index (κ1) is 34.2. The molecule has 48 heavy (non-hydrogen) atoms. The van der Waals surface area contributed by atoms with Crippen molar-refractivity contribution in [3.8, 4) is 17.0 Å². The van der Waals surface area contributed by atoms with Crippen LogP contribution in [0, 0.1) is 5.92 Å². The molecule has 0 saturated carbocycles. The summed E-state index contributed by atoms with van der Waals surface area (Å²) in [5.74, 6) is 1.36. The number of hydrogen-bond acceptors (Lipinski definition) is 6. The topological polar surface area (TPSA) is 84.3 Å². The van der Waals surface area contributed by atoms with Crippen molar-refractivity contribution < 1.29 is 14.0 Å². The molecule has 5 rings (SSSR count). The average Bonchev–Trinajstić information content (AvgIpc) is 3.40. The Morgan fingerprint density at radius 3 is 2.50 bits per heavy atom. The fourth-order valence-electron chi connectivity index (χ4n) is 6.04. The Morgan fingerprint density at radius 2 is 1.79 bits per heavy atom. The Hall–Kier alpha value is -5.15. The fourth-order valence-corrected chi connectivity index (χ4v) is 6.04. The van der Waals surface area contributed by atoms with E-state index in [-0.39, 0.29) is 5.91 Å². The van der Waals surface area contributed by atoms with E-state index < -0.39 is 0 Å². The van der Waals surface area contributed by atoms with Crippen LogP contribution in [0.15, 0.2) is 91.8 Å². The van der Waals surface area contributed by atoms with Gasteiger partial charge in [0, 0.05) is 54.6 Å². The summed E-state index contributed by atoms with van der Waals surface area (Å²) in [6, 6.07) is 23.0. The molecule has 0 aliphatic heterocycles. The molecule has 2 N–H and O–H groups in total. The second kappa shape index (κ2) is 14.7. The first-order valence-electron chi connectivity index (χ1n) is 16.4. The van der Waals surface area contributed by atoms with Gasteiger partial charge in [0.15, 0.2) is 0 Å². The molecule has 5 aromatic rings. The van der Waals surface area contributed by atoms with E-state index in [1.165, 1.54) is 17.2 Å². The Morgan fingerprint density at radius 1 is 1.06 bits per heavy atom. The second-order valence-electron chi connectivity index (χ2n) is 13.5. The molecular formula is C39H48N7O2+. The lowest BCUT2D eigenvalue weighted by molar-refractivity contribution is -0.902. The molecule has 0 bridgehead atoms. The fraction of sp³-hybridized carbons (Fsp3) is 0.308. The molecule has 9 heteroatoms. The van der Waals surface area contributed by atoms with E-state index in [9.17, 15) is 4.79 Å². The van der Waals surface area contributed by atoms with Crippen molar-refractivity contribution in [2.45, 2.75) is 26.8 Å². The number of fused-ring (bicyclic) bond motifs is 1. The number of carbonyl (C=O) groups excluding carboxylic acids is 1. The summed E-state index contributed by atoms with van der Waals surface area (Å²) in [4.78, 5) is 24.0. The SMILES string of the molecule is C=CC(=O)Nc1cc(Nc2nccc(-c3cn(C)c4ccccc34)n2)c(OC)cc1N(C)CC[N+](C)(C)Cc1ccc(CC(C)C)cc1. The van der Waals surface area contributed by atoms with Gasteiger partial charge in [-0.3, -0.25) is 4.79 Å². The van der Waals surface area contributed by atoms with Crippen LogP contribution < -0.4 is 20.3 Å². The molecule has 1 amide bonds. The van der Waals surface area contributed by atoms with Crippen molar-refractivity contribution in [3.05, 3.63) is 103 Å². The third kappa shape index (κ3) is 8.22. The van der Waals surface area contributed by atoms with Crippen LogP contribution in [-0.4, -0.2) is 66.3 Å². The summed E-state index contributed by atoms with van der Waals surface area (Å²) < 4.78 is 8.75. The maximum absolute atomic E-state index is 12.6. The van der Waals surface area contributed by atoms with Gasteiger partial charge in [0.2, 0.25) is 11.9 Å². The van der Waals surface area contributed by atoms with Gasteiger partial charge in [-0.25, -0.2) is 9.97 Å². The first-order valence-corrected chi connectivity index (χ1v) is 16.4. The number of aromatic nitrogens is 3. The highest BCUT2D eigenvalue weighted by molar-refractivity contribution is 6.02. The number of quaternary nitrogens is 1. The minimum Gasteiger partial charge on any atom is -0.494 e. The Labute approximate surface area is 284 Å². The Kier molecular flexibility index (Phi) is 10.5. The van der Waals surface area contributed by atoms with Crippen LogP contribution in [0.2, 0.25) is 0 Å². The molecule has 9 nitrogen and oxygen atoms in total. The lowest BCUT2D eigenvalue weighted by atomic mass is 10.0. The third-order valence-corrected chi connectivity index (χ3v) is 8.57. The van der Waals surface area contributed by atoms with Crippen molar-refractivity contribution >= 4 is 39.8 Å². The van der Waals surface area contributed by atoms with Crippen LogP contribution in [0.4, 0.5) is 23.0 Å². The number of hydrogen-bond donors (Lipinski definition) is 2. The van der Waals surface area contributed by atoms with E-state index in [1.807, 2.05) is 44.4 Å². The molecule has 0 unspecified atom stereocenters. The molecule has 0 spiro atoms. The number of ether oxygens (including phenoxy) is 1. The monoisotopic (exact) mass is 646 g/mol. The largest absolute Gasteiger partial charge is 0.494 e. The molecule has 0 fully saturated rings. The number of benzene rings is 3. The minimum atomic E-state index is -0.299. The van der Waals surface area contributed by atoms with Crippen LogP contribution in [0.1, 0.15) is 25.0 Å². The predicted octanol–water partition coefficient (Wildman–Crippen LogP) is 7.42. The number of methoxy groups -OCH3 is 1. The van der Waals surface area contributed by atoms with Crippen LogP contribution in [0.25, 0.3) is 22.2 Å². The number of rotatable bonds is 14. The van der Waals surface area contributed by atoms with Crippen LogP contribution in [-0.2, 0) is 24.8 Å². The third-order valence-electron chi connectivity index (χ3n) is 8.57. The highest BCUT2D eigenvalue weighted by Crippen LogP contribution is 2.38. The van der Waals surface area contributed by atoms with Crippen molar-refractivity contribution in [1.82, 2.24) is 14.5 Å². The van der Waals surface area contributed by atoms with Crippen molar-refractivity contribution in [3.63, 3.8) is 0 Å². The average molecular weight is 647 g/mol. The highest BCUT2D eigenvalue weighted by atomic mass is 16.5. The molecule has 3 aromatic carbocycles. The Balaban J connectivity index is 1.37. The quantitative estimate of drug-likeness (QED) is 0.0965. The van der Waals surface area contributed by atoms with Crippen molar-refractivity contribution in [2.75, 3.05) is 56.9 Å². The van der Waals surface area contributed by atoms with Crippen LogP contribution in [0.3, 0.4) is 0 Å². The standard InChI is InChI=1S/C39H47N7O2/c1-9-38(47)41-33-23-34(43-39-40-19-18-32(42-39)31-25-45(5)35-13-11-10-12-30(31)35)37(48-8)24-36(33)44(4)20-21-46(6,7)26-29-16-14-28(15-17-29)22-27(2)3/h9-19,23-25,27H,1,20-22,26H2,2-8H3,(H-,40,41,42,43,47)/p+1. The minimum absolute atomic E-state index is 0.299. The van der Waals surface area contributed by atoms with E-state index >= 15 is 0 Å². The molecule has 0 aliphatic carbocycles. The predicted molar refractivity (Wildman–Crippen MR) is 198 cm³/mol. The molecule has 2 heterocycles. The summed E-state index contributed by atoms with van der Waals surface area (Å²) >= 11 is 0. The Bertz CT molecular complexity index is 1890. The number of carbonyl (C=O) groups is 1. The maximum Gasteiger partial charge on any atom is 0.247 e. The number of aryl methyl sites for hydroxylation is 1. The molecule has 0 radical (unpaired) electrons. The van der Waals surface area contributed by atoms with Gasteiger partial charge in [-0.2, -0.15) is 0 Å². The maximum atomic E-state index is 12.6. The smallest absolute Gasteiger partial charge is 0.247 e. The van der Waals surface area contributed by atoms with Crippen LogP contribution >= 0.6 is 0 Å². The van der Waals surface area contributed by atoms with E-state index in [0.717, 1.165) is 58.4 Å². The number of likely N-dealkylation sites (N-methyl/N-ethyl adjacent to an activating group) is 2. The lowest BCUT2D eigenvalue weighted by Gasteiger charge is -2.33. The zero-order chi connectivity index (χ0) is 34.4. The molecule has 0 aliphatic rings. The molecule has 2 aromatic heterocycles. The molecule has 0 saturated heterocycles. The second-order valence-corrected chi connectivity index (χ2v) is 13.5. The van der Waals surface area contributed by atoms with Gasteiger partial charge in [0.25, 0.3) is 0 Å². The van der Waals surface area contributed by atoms with E-state index in [1.54, 1.807) is 13.3 Å². The van der Waals surface area contributed by atoms with E-state index in [0.29, 0.717) is 29.0 Å². The van der Waals surface area contributed by atoms with Gasteiger partial charge in [-0.05, 0) is 42.2 Å². The van der Waals surface area contributed by atoms with Gasteiger partial charge in [-0.15, -0.1) is 0 Å². The van der Waals surface area contributed by atoms with Gasteiger partial charge in [0.1, 0.15) is 12.3 Å². The zero-order valence-corrected chi connectivity index (χ0v) is 29.2. The van der Waals surface area contributed by atoms with E-state index in [4.69, 9.17) is 9.72 Å². The number of nitrogens with zero attached hydrogens (tertiary/aromatic N) is 5. The number of para-hydroxylation sites is 1. The van der Waals surface area contributed by atoms with Gasteiger partial charge in [-0.1, -0.05) is 62.9 Å². The van der Waals surface area contributed by atoms with E-state index in [2.05, 4.69) is 102 Å². The number of anilines is 4. The zero-order valence-electron chi connectivity index (χ0n) is 29.2. The summed E-state index contributed by atoms with van der Waals surface area (Å²) in [5.41, 5.74) is 7.72. The van der Waals surface area contributed by atoms with Crippen molar-refractivity contribution in [2.24, 2.45) is 13.0 Å². The number of amides is 1. The van der Waals surface area contributed by atoms with Gasteiger partial charge in [0.05, 0.1) is 57.1 Å². The molecule has 0 atom stereocenters. The summed E-state index contributed by atoms with van der Waals surface area (Å²) in [5, 5.41) is 7.44. The number of nitrogens with one attached hydrogen (secondary N) is 2. The lowest BCUT2D eigenvalue weighted by Crippen LogP contribution is -2.44. The summed E-state index contributed by atoms with van der Waals surface area (Å²) in [6.07, 6.45) is 6.18. The van der Waals surface area contributed by atoms with Gasteiger partial charge < -0.3 is 29.3 Å². The van der Waals surface area contributed by atoms with Gasteiger partial charge >= 0.3 is 0 Å².